The number of carbonyl (C=O) groups is 2. The molecule has 2 aromatic heterocycles. The molecule has 0 aliphatic heterocycles. The van der Waals surface area contributed by atoms with Gasteiger partial charge in [-0.1, -0.05) is 42.5 Å². The normalized spacial score (nSPS) is 10.8. The predicted molar refractivity (Wildman–Crippen MR) is 106 cm³/mol. The van der Waals surface area contributed by atoms with Crippen molar-refractivity contribution in [2.45, 2.75) is 6.54 Å². The van der Waals surface area contributed by atoms with Crippen LogP contribution in [0.25, 0.3) is 22.4 Å². The molecule has 4 aromatic rings. The molecule has 2 heterocycles. The minimum absolute atomic E-state index is 0.0848. The van der Waals surface area contributed by atoms with Gasteiger partial charge < -0.3 is 21.2 Å². The standard InChI is InChI=1S/C20H16N6O3/c21-17(27)13-8-4-7-12-14(13)10-29-16(12)20-24-19(15(18(22)28)25-26-20)23-9-11-5-2-1-3-6-11/h1-8,10H,9H2,(H2,21,27)(H2,22,28)(H,23,24,26). The van der Waals surface area contributed by atoms with Gasteiger partial charge in [-0.3, -0.25) is 9.59 Å². The Bertz CT molecular complexity index is 1220. The Hall–Kier alpha value is -4.27. The van der Waals surface area contributed by atoms with E-state index in [-0.39, 0.29) is 17.3 Å². The largest absolute Gasteiger partial charge is 0.460 e. The van der Waals surface area contributed by atoms with Crippen LogP contribution in [0.2, 0.25) is 0 Å². The van der Waals surface area contributed by atoms with Gasteiger partial charge >= 0.3 is 0 Å². The molecule has 144 valence electrons. The van der Waals surface area contributed by atoms with E-state index in [0.29, 0.717) is 28.6 Å². The van der Waals surface area contributed by atoms with Crippen molar-refractivity contribution in [3.05, 3.63) is 71.6 Å². The van der Waals surface area contributed by atoms with Gasteiger partial charge in [0.2, 0.25) is 11.7 Å². The fraction of sp³-hybridized carbons (Fsp3) is 0.0500. The van der Waals surface area contributed by atoms with Crippen LogP contribution in [0, 0.1) is 0 Å². The van der Waals surface area contributed by atoms with Gasteiger partial charge in [0, 0.05) is 17.3 Å². The molecule has 9 heteroatoms. The average molecular weight is 388 g/mol. The second-order valence-electron chi connectivity index (χ2n) is 6.23. The van der Waals surface area contributed by atoms with Crippen LogP contribution in [-0.2, 0) is 6.54 Å². The number of amides is 2. The van der Waals surface area contributed by atoms with E-state index in [1.54, 1.807) is 18.2 Å². The number of aromatic nitrogens is 3. The molecule has 0 unspecified atom stereocenters. The second kappa shape index (κ2) is 7.39. The number of anilines is 1. The highest BCUT2D eigenvalue weighted by molar-refractivity contribution is 6.08. The van der Waals surface area contributed by atoms with E-state index in [2.05, 4.69) is 20.5 Å². The smallest absolute Gasteiger partial charge is 0.273 e. The number of benzene rings is 2. The van der Waals surface area contributed by atoms with Crippen LogP contribution in [0.1, 0.15) is 26.4 Å². The molecule has 0 bridgehead atoms. The van der Waals surface area contributed by atoms with Gasteiger partial charge in [-0.25, -0.2) is 4.98 Å². The summed E-state index contributed by atoms with van der Waals surface area (Å²) in [7, 11) is 0. The summed E-state index contributed by atoms with van der Waals surface area (Å²) < 4.78 is 5.59. The maximum Gasteiger partial charge on any atom is 0.273 e. The number of nitrogens with zero attached hydrogens (tertiary/aromatic N) is 3. The van der Waals surface area contributed by atoms with Crippen LogP contribution in [0.4, 0.5) is 5.82 Å². The van der Waals surface area contributed by atoms with Gasteiger partial charge in [-0.2, -0.15) is 0 Å². The first-order valence-corrected chi connectivity index (χ1v) is 8.67. The molecule has 0 saturated heterocycles. The summed E-state index contributed by atoms with van der Waals surface area (Å²) in [6, 6.07) is 14.6. The molecule has 0 aliphatic rings. The molecular weight excluding hydrogens is 372 g/mol. The summed E-state index contributed by atoms with van der Waals surface area (Å²) in [4.78, 5) is 27.7. The molecule has 0 atom stereocenters. The van der Waals surface area contributed by atoms with Crippen LogP contribution in [-0.4, -0.2) is 27.0 Å². The summed E-state index contributed by atoms with van der Waals surface area (Å²) in [5.74, 6) is -0.706. The highest BCUT2D eigenvalue weighted by Crippen LogP contribution is 2.31. The number of fused-ring (bicyclic) bond motifs is 1. The van der Waals surface area contributed by atoms with Gasteiger partial charge in [-0.05, 0) is 11.6 Å². The lowest BCUT2D eigenvalue weighted by Gasteiger charge is -2.09. The Labute approximate surface area is 164 Å². The predicted octanol–water partition coefficient (Wildman–Crippen LogP) is 2.09. The summed E-state index contributed by atoms with van der Waals surface area (Å²) in [6.45, 7) is 0.407. The van der Waals surface area contributed by atoms with E-state index in [4.69, 9.17) is 15.9 Å². The third kappa shape index (κ3) is 3.48. The Balaban J connectivity index is 1.75. The Morgan fingerprint density at radius 3 is 2.45 bits per heavy atom. The summed E-state index contributed by atoms with van der Waals surface area (Å²) in [5.41, 5.74) is 12.0. The SMILES string of the molecule is NC(=O)c1nnc(-c2occ3c(C(N)=O)cccc23)nc1NCc1ccccc1. The molecule has 5 N–H and O–H groups in total. The maximum absolute atomic E-state index is 11.7. The molecule has 2 amide bonds. The Kier molecular flexibility index (Phi) is 4.62. The number of primary amides is 2. The van der Waals surface area contributed by atoms with Crippen molar-refractivity contribution < 1.29 is 14.0 Å². The molecule has 2 aromatic carbocycles. The number of carbonyl (C=O) groups excluding carboxylic acids is 2. The summed E-state index contributed by atoms with van der Waals surface area (Å²) in [5, 5.41) is 12.1. The highest BCUT2D eigenvalue weighted by Gasteiger charge is 2.20. The molecule has 0 spiro atoms. The first kappa shape index (κ1) is 18.1. The summed E-state index contributed by atoms with van der Waals surface area (Å²) in [6.07, 6.45) is 1.41. The Morgan fingerprint density at radius 1 is 0.931 bits per heavy atom. The number of hydrogen-bond acceptors (Lipinski definition) is 7. The molecule has 4 rings (SSSR count). The highest BCUT2D eigenvalue weighted by atomic mass is 16.3. The van der Waals surface area contributed by atoms with E-state index in [1.165, 1.54) is 6.26 Å². The van der Waals surface area contributed by atoms with Crippen molar-refractivity contribution >= 4 is 28.4 Å². The first-order chi connectivity index (χ1) is 14.0. The van der Waals surface area contributed by atoms with Crippen LogP contribution < -0.4 is 16.8 Å². The number of furan rings is 1. The van der Waals surface area contributed by atoms with E-state index in [9.17, 15) is 9.59 Å². The lowest BCUT2D eigenvalue weighted by Crippen LogP contribution is -2.19. The zero-order chi connectivity index (χ0) is 20.4. The van der Waals surface area contributed by atoms with Gasteiger partial charge in [-0.15, -0.1) is 10.2 Å². The third-order valence-electron chi connectivity index (χ3n) is 4.34. The zero-order valence-electron chi connectivity index (χ0n) is 15.1. The molecular formula is C20H16N6O3. The van der Waals surface area contributed by atoms with Crippen LogP contribution in [0.15, 0.2) is 59.2 Å². The quantitative estimate of drug-likeness (QED) is 0.457. The van der Waals surface area contributed by atoms with Gasteiger partial charge in [0.25, 0.3) is 5.91 Å². The first-order valence-electron chi connectivity index (χ1n) is 8.67. The topological polar surface area (TPSA) is 150 Å². The van der Waals surface area contributed by atoms with Crippen LogP contribution in [0.3, 0.4) is 0 Å². The molecule has 0 fully saturated rings. The van der Waals surface area contributed by atoms with Gasteiger partial charge in [0.05, 0.1) is 5.56 Å². The fourth-order valence-corrected chi connectivity index (χ4v) is 2.95. The second-order valence-corrected chi connectivity index (χ2v) is 6.23. The molecule has 0 radical (unpaired) electrons. The number of nitrogens with two attached hydrogens (primary N) is 2. The van der Waals surface area contributed by atoms with Gasteiger partial charge in [0.15, 0.2) is 17.3 Å². The number of hydrogen-bond donors (Lipinski definition) is 3. The monoisotopic (exact) mass is 388 g/mol. The number of rotatable bonds is 6. The van der Waals surface area contributed by atoms with Crippen molar-refractivity contribution in [1.29, 1.82) is 0 Å². The van der Waals surface area contributed by atoms with Crippen LogP contribution >= 0.6 is 0 Å². The molecule has 0 aliphatic carbocycles. The average Bonchev–Trinajstić information content (AvgIpc) is 3.16. The molecule has 29 heavy (non-hydrogen) atoms. The van der Waals surface area contributed by atoms with Crippen LogP contribution in [0.5, 0.6) is 0 Å². The zero-order valence-corrected chi connectivity index (χ0v) is 15.1. The van der Waals surface area contributed by atoms with Gasteiger partial charge in [0.1, 0.15) is 6.26 Å². The lowest BCUT2D eigenvalue weighted by atomic mass is 10.1. The van der Waals surface area contributed by atoms with E-state index >= 15 is 0 Å². The van der Waals surface area contributed by atoms with Crippen molar-refractivity contribution in [3.63, 3.8) is 0 Å². The molecule has 0 saturated carbocycles. The minimum atomic E-state index is -0.757. The van der Waals surface area contributed by atoms with E-state index < -0.39 is 11.8 Å². The maximum atomic E-state index is 11.7. The van der Waals surface area contributed by atoms with Crippen molar-refractivity contribution in [2.24, 2.45) is 11.5 Å². The van der Waals surface area contributed by atoms with E-state index in [1.807, 2.05) is 30.3 Å². The Morgan fingerprint density at radius 2 is 1.72 bits per heavy atom. The van der Waals surface area contributed by atoms with E-state index in [0.717, 1.165) is 5.56 Å². The lowest BCUT2D eigenvalue weighted by molar-refractivity contribution is 0.0989. The number of nitrogens with one attached hydrogen (secondary N) is 1. The van der Waals surface area contributed by atoms with Crippen molar-refractivity contribution in [3.8, 4) is 11.6 Å². The minimum Gasteiger partial charge on any atom is -0.460 e. The fourth-order valence-electron chi connectivity index (χ4n) is 2.95. The molecule has 9 nitrogen and oxygen atoms in total. The third-order valence-corrected chi connectivity index (χ3v) is 4.34. The van der Waals surface area contributed by atoms with Crippen molar-refractivity contribution in [1.82, 2.24) is 15.2 Å². The van der Waals surface area contributed by atoms with Crippen molar-refractivity contribution in [2.75, 3.05) is 5.32 Å². The summed E-state index contributed by atoms with van der Waals surface area (Å²) >= 11 is 0.